The van der Waals surface area contributed by atoms with Crippen LogP contribution in [0.1, 0.15) is 162 Å². The molecule has 0 saturated carbocycles. The standard InChI is InChI=1S/C41H76NO8P/c1-6-8-10-12-14-16-18-20-21-22-24-25-27-29-31-33-40(43)47-37-39(38-49-51(45,46)48-36-35-42(3,4)5)50-41(44)34-32-30-28-26-23-19-17-15-13-11-9-7-2/h14,16,20-21,24-25,39H,6-13,15,17-19,22-23,26-38H2,1-5H3/b16-14-,21-20-,25-24-/t39-/m1/s1. The third-order valence-electron chi connectivity index (χ3n) is 8.41. The number of ether oxygens (including phenoxy) is 2. The van der Waals surface area contributed by atoms with Crippen molar-refractivity contribution in [3.05, 3.63) is 36.5 Å². The number of rotatable bonds is 36. The lowest BCUT2D eigenvalue weighted by molar-refractivity contribution is -0.870. The fraction of sp³-hybridized carbons (Fsp3) is 0.805. The van der Waals surface area contributed by atoms with Gasteiger partial charge in [0.05, 0.1) is 27.7 Å². The summed E-state index contributed by atoms with van der Waals surface area (Å²) >= 11 is 0. The van der Waals surface area contributed by atoms with Gasteiger partial charge in [0, 0.05) is 12.8 Å². The average Bonchev–Trinajstić information content (AvgIpc) is 3.07. The maximum absolute atomic E-state index is 12.6. The van der Waals surface area contributed by atoms with Crippen molar-refractivity contribution in [1.29, 1.82) is 0 Å². The highest BCUT2D eigenvalue weighted by Crippen LogP contribution is 2.38. The summed E-state index contributed by atoms with van der Waals surface area (Å²) < 4.78 is 33.7. The molecule has 298 valence electrons. The van der Waals surface area contributed by atoms with E-state index in [1.54, 1.807) is 0 Å². The minimum Gasteiger partial charge on any atom is -0.756 e. The van der Waals surface area contributed by atoms with Crippen molar-refractivity contribution < 1.29 is 42.1 Å². The van der Waals surface area contributed by atoms with E-state index in [4.69, 9.17) is 18.5 Å². The predicted molar refractivity (Wildman–Crippen MR) is 208 cm³/mol. The number of carbonyl (C=O) groups is 2. The number of phosphoric ester groups is 1. The van der Waals surface area contributed by atoms with Crippen molar-refractivity contribution in [2.45, 2.75) is 168 Å². The molecule has 0 radical (unpaired) electrons. The molecule has 0 bridgehead atoms. The van der Waals surface area contributed by atoms with Gasteiger partial charge in [0.15, 0.2) is 6.10 Å². The number of hydrogen-bond donors (Lipinski definition) is 0. The van der Waals surface area contributed by atoms with E-state index in [1.165, 1.54) is 70.6 Å². The van der Waals surface area contributed by atoms with Crippen LogP contribution in [0.3, 0.4) is 0 Å². The van der Waals surface area contributed by atoms with E-state index in [2.05, 4.69) is 50.3 Å². The number of nitrogens with zero attached hydrogens (tertiary/aromatic N) is 1. The maximum atomic E-state index is 12.6. The number of unbranched alkanes of at least 4 members (excludes halogenated alkanes) is 16. The Morgan fingerprint density at radius 3 is 1.61 bits per heavy atom. The molecule has 0 aliphatic carbocycles. The molecule has 51 heavy (non-hydrogen) atoms. The topological polar surface area (TPSA) is 111 Å². The van der Waals surface area contributed by atoms with Gasteiger partial charge in [-0.25, -0.2) is 0 Å². The van der Waals surface area contributed by atoms with Crippen LogP contribution in [0, 0.1) is 0 Å². The smallest absolute Gasteiger partial charge is 0.306 e. The van der Waals surface area contributed by atoms with Crippen LogP contribution in [0.25, 0.3) is 0 Å². The van der Waals surface area contributed by atoms with Crippen LogP contribution in [0.4, 0.5) is 0 Å². The van der Waals surface area contributed by atoms with Crippen molar-refractivity contribution in [2.24, 2.45) is 0 Å². The van der Waals surface area contributed by atoms with Gasteiger partial charge in [-0.15, -0.1) is 0 Å². The predicted octanol–water partition coefficient (Wildman–Crippen LogP) is 10.3. The Kier molecular flexibility index (Phi) is 32.8. The molecule has 0 aliphatic heterocycles. The number of esters is 2. The van der Waals surface area contributed by atoms with Crippen molar-refractivity contribution in [3.63, 3.8) is 0 Å². The first kappa shape index (κ1) is 49.2. The summed E-state index contributed by atoms with van der Waals surface area (Å²) in [7, 11) is 1.14. The molecule has 0 rings (SSSR count). The van der Waals surface area contributed by atoms with Crippen LogP contribution >= 0.6 is 7.82 Å². The molecule has 0 amide bonds. The first-order chi connectivity index (χ1) is 24.5. The van der Waals surface area contributed by atoms with Crippen molar-refractivity contribution >= 4 is 19.8 Å². The minimum absolute atomic E-state index is 0.0363. The summed E-state index contributed by atoms with van der Waals surface area (Å²) in [5.74, 6) is -0.880. The van der Waals surface area contributed by atoms with Gasteiger partial charge in [-0.3, -0.25) is 14.2 Å². The fourth-order valence-corrected chi connectivity index (χ4v) is 5.92. The van der Waals surface area contributed by atoms with E-state index in [-0.39, 0.29) is 26.1 Å². The van der Waals surface area contributed by atoms with Gasteiger partial charge in [0.25, 0.3) is 7.82 Å². The van der Waals surface area contributed by atoms with Crippen molar-refractivity contribution in [1.82, 2.24) is 0 Å². The second-order valence-corrected chi connectivity index (χ2v) is 16.1. The molecule has 0 saturated heterocycles. The highest BCUT2D eigenvalue weighted by molar-refractivity contribution is 7.45. The highest BCUT2D eigenvalue weighted by Gasteiger charge is 2.21. The minimum atomic E-state index is -4.62. The molecule has 2 atom stereocenters. The highest BCUT2D eigenvalue weighted by atomic mass is 31.2. The summed E-state index contributed by atoms with van der Waals surface area (Å²) in [5, 5.41) is 0. The molecule has 0 heterocycles. The molecule has 0 aliphatic rings. The summed E-state index contributed by atoms with van der Waals surface area (Å²) in [6, 6.07) is 0. The summed E-state index contributed by atoms with van der Waals surface area (Å²) in [5.41, 5.74) is 0. The SMILES string of the molecule is CCCCC/C=C\C/C=C\C/C=C\CCCCC(=O)OC[C@H](COP(=O)([O-])OCC[N+](C)(C)C)OC(=O)CCCCCCCCCCCCCC. The number of phosphoric acid groups is 1. The van der Waals surface area contributed by atoms with Gasteiger partial charge in [0.1, 0.15) is 19.8 Å². The second kappa shape index (κ2) is 34.0. The zero-order chi connectivity index (χ0) is 37.9. The quantitative estimate of drug-likeness (QED) is 0.0205. The first-order valence-electron chi connectivity index (χ1n) is 20.2. The van der Waals surface area contributed by atoms with Crippen LogP contribution in [-0.2, 0) is 32.7 Å². The van der Waals surface area contributed by atoms with Gasteiger partial charge in [0.2, 0.25) is 0 Å². The fourth-order valence-electron chi connectivity index (χ4n) is 5.19. The molecule has 10 heteroatoms. The van der Waals surface area contributed by atoms with Crippen LogP contribution in [0.2, 0.25) is 0 Å². The van der Waals surface area contributed by atoms with Gasteiger partial charge >= 0.3 is 11.9 Å². The van der Waals surface area contributed by atoms with E-state index in [0.717, 1.165) is 51.4 Å². The summed E-state index contributed by atoms with van der Waals surface area (Å²) in [6.45, 7) is 4.14. The zero-order valence-electron chi connectivity index (χ0n) is 33.3. The Balaban J connectivity index is 4.47. The second-order valence-electron chi connectivity index (χ2n) is 14.7. The third kappa shape index (κ3) is 37.8. The lowest BCUT2D eigenvalue weighted by Gasteiger charge is -2.28. The maximum Gasteiger partial charge on any atom is 0.306 e. The van der Waals surface area contributed by atoms with Crippen LogP contribution in [-0.4, -0.2) is 70.0 Å². The van der Waals surface area contributed by atoms with Gasteiger partial charge in [-0.2, -0.15) is 0 Å². The monoisotopic (exact) mass is 742 g/mol. The molecule has 9 nitrogen and oxygen atoms in total. The molecular weight excluding hydrogens is 665 g/mol. The van der Waals surface area contributed by atoms with E-state index in [1.807, 2.05) is 21.1 Å². The van der Waals surface area contributed by atoms with Crippen molar-refractivity contribution in [2.75, 3.05) is 47.5 Å². The molecule has 0 aromatic heterocycles. The number of allylic oxidation sites excluding steroid dienone is 6. The Morgan fingerprint density at radius 2 is 1.06 bits per heavy atom. The number of likely N-dealkylation sites (N-methyl/N-ethyl adjacent to an activating group) is 1. The normalized spacial score (nSPS) is 14.1. The molecule has 0 N–H and O–H groups in total. The van der Waals surface area contributed by atoms with Crippen molar-refractivity contribution in [3.8, 4) is 0 Å². The van der Waals surface area contributed by atoms with Crippen LogP contribution in [0.15, 0.2) is 36.5 Å². The third-order valence-corrected chi connectivity index (χ3v) is 9.38. The summed E-state index contributed by atoms with van der Waals surface area (Å²) in [6.07, 6.45) is 36.0. The Bertz CT molecular complexity index is 975. The average molecular weight is 742 g/mol. The molecule has 1 unspecified atom stereocenters. The van der Waals surface area contributed by atoms with Gasteiger partial charge in [-0.05, 0) is 51.4 Å². The number of hydrogen-bond acceptors (Lipinski definition) is 8. The van der Waals surface area contributed by atoms with E-state index in [9.17, 15) is 19.0 Å². The summed E-state index contributed by atoms with van der Waals surface area (Å²) in [4.78, 5) is 37.4. The molecule has 0 spiro atoms. The van der Waals surface area contributed by atoms with Crippen LogP contribution < -0.4 is 4.89 Å². The Hall–Kier alpha value is -1.77. The molecule has 0 aromatic carbocycles. The molecular formula is C41H76NO8P. The number of carbonyl (C=O) groups excluding carboxylic acids is 2. The van der Waals surface area contributed by atoms with E-state index >= 15 is 0 Å². The Labute approximate surface area is 312 Å². The number of quaternary nitrogens is 1. The molecule has 0 aromatic rings. The lowest BCUT2D eigenvalue weighted by Crippen LogP contribution is -2.37. The van der Waals surface area contributed by atoms with E-state index in [0.29, 0.717) is 23.9 Å². The van der Waals surface area contributed by atoms with Gasteiger partial charge in [-0.1, -0.05) is 134 Å². The van der Waals surface area contributed by atoms with Gasteiger partial charge < -0.3 is 27.9 Å². The zero-order valence-corrected chi connectivity index (χ0v) is 34.2. The first-order valence-corrected chi connectivity index (χ1v) is 21.7. The largest absolute Gasteiger partial charge is 0.756 e. The molecule has 0 fully saturated rings. The lowest BCUT2D eigenvalue weighted by atomic mass is 10.0. The van der Waals surface area contributed by atoms with Crippen LogP contribution in [0.5, 0.6) is 0 Å². The van der Waals surface area contributed by atoms with E-state index < -0.39 is 32.5 Å². The Morgan fingerprint density at radius 1 is 0.608 bits per heavy atom.